The Morgan fingerprint density at radius 3 is 2.50 bits per heavy atom. The molecule has 0 amide bonds. The molecule has 0 saturated carbocycles. The third-order valence-electron chi connectivity index (χ3n) is 2.29. The number of hydrogen-bond acceptors (Lipinski definition) is 0. The molecule has 1 aromatic carbocycles. The van der Waals surface area contributed by atoms with E-state index in [1.165, 1.54) is 16.7 Å². The van der Waals surface area contributed by atoms with Crippen LogP contribution in [0.4, 0.5) is 0 Å². The number of nitrogens with zero attached hydrogens (tertiary/aromatic N) is 1. The van der Waals surface area contributed by atoms with Gasteiger partial charge >= 0.3 is 0 Å². The molecule has 1 nitrogen and oxygen atoms in total. The molecule has 0 aliphatic carbocycles. The minimum absolute atomic E-state index is 1.26. The summed E-state index contributed by atoms with van der Waals surface area (Å²) in [7, 11) is 2.04. The number of rotatable bonds is 1. The summed E-state index contributed by atoms with van der Waals surface area (Å²) < 4.78 is 2.07. The van der Waals surface area contributed by atoms with Crippen LogP contribution in [0.15, 0.2) is 48.8 Å². The molecule has 1 heteroatoms. The average molecular weight is 184 g/mol. The van der Waals surface area contributed by atoms with Gasteiger partial charge in [-0.1, -0.05) is 29.8 Å². The van der Waals surface area contributed by atoms with Crippen molar-refractivity contribution >= 4 is 0 Å². The first-order chi connectivity index (χ1) is 6.75. The normalized spacial score (nSPS) is 10.1. The number of aryl methyl sites for hydroxylation is 2. The number of benzene rings is 1. The maximum absolute atomic E-state index is 2.20. The Kier molecular flexibility index (Phi) is 2.32. The molecule has 2 aromatic rings. The fraction of sp³-hybridized carbons (Fsp3) is 0.154. The molecule has 1 aromatic heterocycles. The average Bonchev–Trinajstić information content (AvgIpc) is 2.18. The highest BCUT2D eigenvalue weighted by Crippen LogP contribution is 2.17. The van der Waals surface area contributed by atoms with Crippen LogP contribution in [0, 0.1) is 6.92 Å². The Morgan fingerprint density at radius 1 is 1.00 bits per heavy atom. The third-order valence-corrected chi connectivity index (χ3v) is 2.29. The van der Waals surface area contributed by atoms with Gasteiger partial charge in [-0.2, -0.15) is 0 Å². The van der Waals surface area contributed by atoms with Crippen molar-refractivity contribution in [1.82, 2.24) is 0 Å². The second-order valence-electron chi connectivity index (χ2n) is 3.63. The minimum atomic E-state index is 1.26. The van der Waals surface area contributed by atoms with Crippen LogP contribution >= 0.6 is 0 Å². The Bertz CT molecular complexity index is 403. The van der Waals surface area contributed by atoms with Crippen LogP contribution in [0.25, 0.3) is 11.1 Å². The van der Waals surface area contributed by atoms with Crippen LogP contribution < -0.4 is 4.57 Å². The Labute approximate surface area is 84.6 Å². The fourth-order valence-corrected chi connectivity index (χ4v) is 1.58. The van der Waals surface area contributed by atoms with Crippen molar-refractivity contribution in [2.75, 3.05) is 0 Å². The summed E-state index contributed by atoms with van der Waals surface area (Å²) in [5.41, 5.74) is 3.84. The van der Waals surface area contributed by atoms with Gasteiger partial charge in [0.25, 0.3) is 0 Å². The lowest BCUT2D eigenvalue weighted by molar-refractivity contribution is -0.671. The molecule has 0 radical (unpaired) electrons. The highest BCUT2D eigenvalue weighted by Gasteiger charge is 2.00. The summed E-state index contributed by atoms with van der Waals surface area (Å²) in [6.45, 7) is 2.12. The van der Waals surface area contributed by atoms with E-state index in [9.17, 15) is 0 Å². The standard InChI is InChI=1S/C13H14N/c1-11-5-3-6-12(9-11)13-7-4-8-14(2)10-13/h3-10H,1-2H3/q+1. The lowest BCUT2D eigenvalue weighted by atomic mass is 10.1. The van der Waals surface area contributed by atoms with E-state index in [0.717, 1.165) is 0 Å². The van der Waals surface area contributed by atoms with E-state index < -0.39 is 0 Å². The van der Waals surface area contributed by atoms with Crippen molar-refractivity contribution in [2.45, 2.75) is 6.92 Å². The molecule has 0 aliphatic rings. The van der Waals surface area contributed by atoms with Crippen molar-refractivity contribution in [2.24, 2.45) is 7.05 Å². The second kappa shape index (κ2) is 3.62. The molecule has 0 saturated heterocycles. The molecule has 0 fully saturated rings. The summed E-state index contributed by atoms with van der Waals surface area (Å²) in [5, 5.41) is 0. The SMILES string of the molecule is Cc1cccc(-c2ccc[n+](C)c2)c1. The molecular formula is C13H14N+. The van der Waals surface area contributed by atoms with Crippen LogP contribution in [-0.2, 0) is 7.05 Å². The predicted molar refractivity (Wildman–Crippen MR) is 57.8 cm³/mol. The van der Waals surface area contributed by atoms with E-state index in [1.54, 1.807) is 0 Å². The Hall–Kier alpha value is -1.63. The molecule has 1 heterocycles. The zero-order chi connectivity index (χ0) is 9.97. The zero-order valence-corrected chi connectivity index (χ0v) is 8.57. The lowest BCUT2D eigenvalue weighted by Crippen LogP contribution is -2.26. The highest BCUT2D eigenvalue weighted by molar-refractivity contribution is 5.62. The van der Waals surface area contributed by atoms with Gasteiger partial charge in [0.1, 0.15) is 7.05 Å². The summed E-state index contributed by atoms with van der Waals surface area (Å²) in [5.74, 6) is 0. The van der Waals surface area contributed by atoms with Gasteiger partial charge in [0.15, 0.2) is 12.4 Å². The van der Waals surface area contributed by atoms with Crippen LogP contribution in [0.1, 0.15) is 5.56 Å². The maximum Gasteiger partial charge on any atom is 0.176 e. The summed E-state index contributed by atoms with van der Waals surface area (Å²) in [6.07, 6.45) is 4.17. The molecule has 0 atom stereocenters. The summed E-state index contributed by atoms with van der Waals surface area (Å²) in [6, 6.07) is 12.8. The molecule has 0 bridgehead atoms. The van der Waals surface area contributed by atoms with E-state index >= 15 is 0 Å². The van der Waals surface area contributed by atoms with Gasteiger partial charge in [-0.3, -0.25) is 0 Å². The summed E-state index contributed by atoms with van der Waals surface area (Å²) in [4.78, 5) is 0. The quantitative estimate of drug-likeness (QED) is 0.599. The van der Waals surface area contributed by atoms with Gasteiger partial charge in [-0.15, -0.1) is 0 Å². The van der Waals surface area contributed by atoms with Crippen molar-refractivity contribution < 1.29 is 4.57 Å². The molecule has 70 valence electrons. The Morgan fingerprint density at radius 2 is 1.79 bits per heavy atom. The molecule has 2 rings (SSSR count). The fourth-order valence-electron chi connectivity index (χ4n) is 1.58. The maximum atomic E-state index is 2.20. The van der Waals surface area contributed by atoms with E-state index in [-0.39, 0.29) is 0 Å². The molecule has 0 aliphatic heterocycles. The van der Waals surface area contributed by atoms with Crippen molar-refractivity contribution in [3.8, 4) is 11.1 Å². The van der Waals surface area contributed by atoms with Crippen molar-refractivity contribution in [3.63, 3.8) is 0 Å². The van der Waals surface area contributed by atoms with E-state index in [2.05, 4.69) is 54.1 Å². The first-order valence-corrected chi connectivity index (χ1v) is 4.78. The van der Waals surface area contributed by atoms with E-state index in [4.69, 9.17) is 0 Å². The van der Waals surface area contributed by atoms with Crippen molar-refractivity contribution in [1.29, 1.82) is 0 Å². The first-order valence-electron chi connectivity index (χ1n) is 4.78. The number of pyridine rings is 1. The van der Waals surface area contributed by atoms with Crippen LogP contribution in [-0.4, -0.2) is 0 Å². The van der Waals surface area contributed by atoms with Gasteiger partial charge in [-0.25, -0.2) is 4.57 Å². The molecule has 0 N–H and O–H groups in total. The van der Waals surface area contributed by atoms with Gasteiger partial charge in [-0.05, 0) is 18.6 Å². The Balaban J connectivity index is 2.49. The molecular weight excluding hydrogens is 170 g/mol. The smallest absolute Gasteiger partial charge is 0.176 e. The topological polar surface area (TPSA) is 3.88 Å². The van der Waals surface area contributed by atoms with Gasteiger partial charge in [0.2, 0.25) is 0 Å². The van der Waals surface area contributed by atoms with Crippen LogP contribution in [0.5, 0.6) is 0 Å². The monoisotopic (exact) mass is 184 g/mol. The van der Waals surface area contributed by atoms with E-state index in [0.29, 0.717) is 0 Å². The van der Waals surface area contributed by atoms with Gasteiger partial charge < -0.3 is 0 Å². The lowest BCUT2D eigenvalue weighted by Gasteiger charge is -2.00. The summed E-state index contributed by atoms with van der Waals surface area (Å²) >= 11 is 0. The first kappa shape index (κ1) is 8.95. The van der Waals surface area contributed by atoms with Crippen LogP contribution in [0.2, 0.25) is 0 Å². The molecule has 0 spiro atoms. The van der Waals surface area contributed by atoms with Gasteiger partial charge in [0.05, 0.1) is 0 Å². The van der Waals surface area contributed by atoms with Gasteiger partial charge in [0, 0.05) is 11.6 Å². The third kappa shape index (κ3) is 1.82. The molecule has 0 unspecified atom stereocenters. The molecule has 14 heavy (non-hydrogen) atoms. The minimum Gasteiger partial charge on any atom is -0.207 e. The number of hydrogen-bond donors (Lipinski definition) is 0. The van der Waals surface area contributed by atoms with Crippen molar-refractivity contribution in [3.05, 3.63) is 54.4 Å². The highest BCUT2D eigenvalue weighted by atomic mass is 14.9. The second-order valence-corrected chi connectivity index (χ2v) is 3.63. The largest absolute Gasteiger partial charge is 0.207 e. The number of aromatic nitrogens is 1. The van der Waals surface area contributed by atoms with E-state index in [1.807, 2.05) is 13.2 Å². The zero-order valence-electron chi connectivity index (χ0n) is 8.57. The predicted octanol–water partition coefficient (Wildman–Crippen LogP) is 2.49. The van der Waals surface area contributed by atoms with Crippen LogP contribution in [0.3, 0.4) is 0 Å².